The molecule has 0 spiro atoms. The lowest BCUT2D eigenvalue weighted by Crippen LogP contribution is -2.48. The Balaban J connectivity index is 0.00000242. The number of piperidine rings is 1. The Labute approximate surface area is 148 Å². The zero-order valence-corrected chi connectivity index (χ0v) is 15.7. The second-order valence-corrected chi connectivity index (χ2v) is 6.94. The molecule has 1 aromatic carbocycles. The molecule has 1 amide bonds. The van der Waals surface area contributed by atoms with Crippen molar-refractivity contribution in [1.29, 1.82) is 0 Å². The van der Waals surface area contributed by atoms with E-state index < -0.39 is 0 Å². The van der Waals surface area contributed by atoms with Gasteiger partial charge in [-0.2, -0.15) is 0 Å². The van der Waals surface area contributed by atoms with Crippen LogP contribution in [0, 0.1) is 5.92 Å². The average molecular weight is 390 g/mol. The summed E-state index contributed by atoms with van der Waals surface area (Å²) in [6.07, 6.45) is 3.74. The summed E-state index contributed by atoms with van der Waals surface area (Å²) in [7, 11) is 0. The Morgan fingerprint density at radius 1 is 1.50 bits per heavy atom. The molecule has 0 aliphatic carbocycles. The largest absolute Gasteiger partial charge is 0.353 e. The van der Waals surface area contributed by atoms with Crippen LogP contribution in [0.3, 0.4) is 0 Å². The maximum absolute atomic E-state index is 12.5. The molecule has 2 N–H and O–H groups in total. The van der Waals surface area contributed by atoms with Crippen LogP contribution in [-0.2, 0) is 11.2 Å². The Hall–Kier alpha value is -0.580. The lowest BCUT2D eigenvalue weighted by molar-refractivity contribution is -0.126. The van der Waals surface area contributed by atoms with Crippen LogP contribution in [0.4, 0.5) is 0 Å². The van der Waals surface area contributed by atoms with Gasteiger partial charge in [-0.3, -0.25) is 4.79 Å². The quantitative estimate of drug-likeness (QED) is 0.806. The average Bonchev–Trinajstić information content (AvgIpc) is 2.44. The van der Waals surface area contributed by atoms with Gasteiger partial charge in [-0.25, -0.2) is 0 Å². The second kappa shape index (κ2) is 9.53. The molecule has 1 fully saturated rings. The van der Waals surface area contributed by atoms with Crippen LogP contribution in [0.2, 0.25) is 0 Å². The van der Waals surface area contributed by atoms with E-state index in [9.17, 15) is 4.79 Å². The molecule has 1 saturated heterocycles. The van der Waals surface area contributed by atoms with Crippen LogP contribution in [0.5, 0.6) is 0 Å². The molecule has 22 heavy (non-hydrogen) atoms. The maximum Gasteiger partial charge on any atom is 0.223 e. The lowest BCUT2D eigenvalue weighted by atomic mass is 9.94. The molecular weight excluding hydrogens is 364 g/mol. The highest BCUT2D eigenvalue weighted by Gasteiger charge is 2.23. The molecule has 3 nitrogen and oxygen atoms in total. The van der Waals surface area contributed by atoms with Crippen LogP contribution in [0.25, 0.3) is 0 Å². The summed E-state index contributed by atoms with van der Waals surface area (Å²) in [6.45, 7) is 5.26. The van der Waals surface area contributed by atoms with Crippen molar-refractivity contribution in [2.75, 3.05) is 6.54 Å². The minimum absolute atomic E-state index is 0. The first kappa shape index (κ1) is 19.5. The number of hydrogen-bond acceptors (Lipinski definition) is 2. The molecule has 2 rings (SSSR count). The van der Waals surface area contributed by atoms with Gasteiger partial charge < -0.3 is 10.6 Å². The number of amides is 1. The predicted molar refractivity (Wildman–Crippen MR) is 97.5 cm³/mol. The molecule has 0 radical (unpaired) electrons. The molecule has 1 aromatic rings. The van der Waals surface area contributed by atoms with Gasteiger partial charge in [0.05, 0.1) is 0 Å². The van der Waals surface area contributed by atoms with Crippen molar-refractivity contribution in [1.82, 2.24) is 10.6 Å². The van der Waals surface area contributed by atoms with Crippen LogP contribution >= 0.6 is 28.3 Å². The number of carbonyl (C=O) groups excluding carboxylic acids is 1. The number of carbonyl (C=O) groups is 1. The van der Waals surface area contributed by atoms with Crippen molar-refractivity contribution in [3.05, 3.63) is 34.3 Å². The number of rotatable bonds is 5. The van der Waals surface area contributed by atoms with Crippen LogP contribution in [0.1, 0.15) is 38.7 Å². The van der Waals surface area contributed by atoms with Gasteiger partial charge in [-0.05, 0) is 56.8 Å². The van der Waals surface area contributed by atoms with E-state index in [2.05, 4.69) is 52.5 Å². The molecule has 124 valence electrons. The smallest absolute Gasteiger partial charge is 0.223 e. The van der Waals surface area contributed by atoms with Gasteiger partial charge in [-0.15, -0.1) is 12.4 Å². The monoisotopic (exact) mass is 388 g/mol. The number of benzene rings is 1. The van der Waals surface area contributed by atoms with Gasteiger partial charge in [0.1, 0.15) is 0 Å². The summed E-state index contributed by atoms with van der Waals surface area (Å²) in [4.78, 5) is 12.5. The molecule has 1 aliphatic heterocycles. The van der Waals surface area contributed by atoms with Gasteiger partial charge in [-0.1, -0.05) is 35.0 Å². The molecular formula is C17H26BrClN2O. The number of hydrogen-bond donors (Lipinski definition) is 2. The van der Waals surface area contributed by atoms with Crippen molar-refractivity contribution in [2.24, 2.45) is 5.92 Å². The Morgan fingerprint density at radius 2 is 2.27 bits per heavy atom. The maximum atomic E-state index is 12.5. The fourth-order valence-electron chi connectivity index (χ4n) is 2.95. The fraction of sp³-hybridized carbons (Fsp3) is 0.588. The van der Waals surface area contributed by atoms with Gasteiger partial charge >= 0.3 is 0 Å². The molecule has 0 saturated carbocycles. The summed E-state index contributed by atoms with van der Waals surface area (Å²) in [5.41, 5.74) is 1.21. The van der Waals surface area contributed by atoms with E-state index in [1.165, 1.54) is 5.56 Å². The first-order valence-electron chi connectivity index (χ1n) is 7.86. The molecule has 5 heteroatoms. The fourth-order valence-corrected chi connectivity index (χ4v) is 3.40. The van der Waals surface area contributed by atoms with Crippen molar-refractivity contribution in [3.63, 3.8) is 0 Å². The molecule has 1 aliphatic rings. The van der Waals surface area contributed by atoms with E-state index in [0.29, 0.717) is 12.1 Å². The first-order chi connectivity index (χ1) is 10.1. The van der Waals surface area contributed by atoms with Crippen molar-refractivity contribution in [2.45, 2.75) is 51.6 Å². The molecule has 3 atom stereocenters. The van der Waals surface area contributed by atoms with Gasteiger partial charge in [0, 0.05) is 22.5 Å². The van der Waals surface area contributed by atoms with Crippen molar-refractivity contribution < 1.29 is 4.79 Å². The van der Waals surface area contributed by atoms with Crippen molar-refractivity contribution >= 4 is 34.2 Å². The molecule has 0 bridgehead atoms. The van der Waals surface area contributed by atoms with E-state index in [4.69, 9.17) is 0 Å². The SMILES string of the molecule is CCC(Cc1cccc(Br)c1)C(=O)NC1CCNC(C)C1.Cl. The Bertz CT molecular complexity index is 483. The van der Waals surface area contributed by atoms with E-state index in [0.717, 1.165) is 36.7 Å². The third kappa shape index (κ3) is 5.90. The summed E-state index contributed by atoms with van der Waals surface area (Å²) in [5.74, 6) is 0.265. The Morgan fingerprint density at radius 3 is 2.91 bits per heavy atom. The third-order valence-corrected chi connectivity index (χ3v) is 4.70. The topological polar surface area (TPSA) is 41.1 Å². The highest BCUT2D eigenvalue weighted by molar-refractivity contribution is 9.10. The minimum atomic E-state index is 0. The highest BCUT2D eigenvalue weighted by Crippen LogP contribution is 2.18. The van der Waals surface area contributed by atoms with Gasteiger partial charge in [0.25, 0.3) is 0 Å². The normalized spacial score (nSPS) is 22.5. The minimum Gasteiger partial charge on any atom is -0.353 e. The summed E-state index contributed by atoms with van der Waals surface area (Å²) in [5, 5.41) is 6.66. The highest BCUT2D eigenvalue weighted by atomic mass is 79.9. The number of halogens is 2. The van der Waals surface area contributed by atoms with Gasteiger partial charge in [0.15, 0.2) is 0 Å². The second-order valence-electron chi connectivity index (χ2n) is 6.02. The number of nitrogens with one attached hydrogen (secondary N) is 2. The van der Waals surface area contributed by atoms with E-state index in [1.54, 1.807) is 0 Å². The zero-order valence-electron chi connectivity index (χ0n) is 13.3. The third-order valence-electron chi connectivity index (χ3n) is 4.20. The molecule has 0 aromatic heterocycles. The summed E-state index contributed by atoms with van der Waals surface area (Å²) < 4.78 is 1.07. The first-order valence-corrected chi connectivity index (χ1v) is 8.66. The van der Waals surface area contributed by atoms with Crippen LogP contribution in [0.15, 0.2) is 28.7 Å². The standard InChI is InChI=1S/C17H25BrN2O.ClH/c1-3-14(10-13-5-4-6-15(18)11-13)17(21)20-16-7-8-19-12(2)9-16;/h4-6,11-12,14,16,19H,3,7-10H2,1-2H3,(H,20,21);1H. The van der Waals surface area contributed by atoms with Crippen LogP contribution < -0.4 is 10.6 Å². The van der Waals surface area contributed by atoms with Crippen molar-refractivity contribution in [3.8, 4) is 0 Å². The van der Waals surface area contributed by atoms with Crippen LogP contribution in [-0.4, -0.2) is 24.5 Å². The molecule has 3 unspecified atom stereocenters. The lowest BCUT2D eigenvalue weighted by Gasteiger charge is -2.30. The van der Waals surface area contributed by atoms with E-state index >= 15 is 0 Å². The predicted octanol–water partition coefficient (Wildman–Crippen LogP) is 3.70. The summed E-state index contributed by atoms with van der Waals surface area (Å²) in [6, 6.07) is 9.05. The van der Waals surface area contributed by atoms with E-state index in [1.807, 2.05) is 12.1 Å². The van der Waals surface area contributed by atoms with E-state index in [-0.39, 0.29) is 24.2 Å². The summed E-state index contributed by atoms with van der Waals surface area (Å²) >= 11 is 3.49. The molecule has 1 heterocycles. The van der Waals surface area contributed by atoms with Gasteiger partial charge in [0.2, 0.25) is 5.91 Å². The zero-order chi connectivity index (χ0) is 15.2. The Kier molecular flexibility index (Phi) is 8.44.